The molecule has 0 aliphatic carbocycles. The number of anilines is 1. The number of nitrogens with one attached hydrogen (secondary N) is 1. The Morgan fingerprint density at radius 1 is 1.43 bits per heavy atom. The van der Waals surface area contributed by atoms with Gasteiger partial charge in [-0.1, -0.05) is 15.9 Å². The molecule has 6 heteroatoms. The lowest BCUT2D eigenvalue weighted by Gasteiger charge is -2.22. The van der Waals surface area contributed by atoms with Crippen molar-refractivity contribution < 1.29 is 9.53 Å². The van der Waals surface area contributed by atoms with Crippen LogP contribution in [0.2, 0.25) is 0 Å². The summed E-state index contributed by atoms with van der Waals surface area (Å²) in [7, 11) is 1.71. The largest absolute Gasteiger partial charge is 0.362 e. The molecule has 4 nitrogen and oxygen atoms in total. The Morgan fingerprint density at radius 3 is 2.90 bits per heavy atom. The van der Waals surface area contributed by atoms with Crippen molar-refractivity contribution in [3.05, 3.63) is 32.3 Å². The van der Waals surface area contributed by atoms with Crippen molar-refractivity contribution in [3.8, 4) is 0 Å². The monoisotopic (exact) mass is 414 g/mol. The van der Waals surface area contributed by atoms with E-state index in [1.807, 2.05) is 19.2 Å². The number of fused-ring (bicyclic) bond motifs is 1. The minimum atomic E-state index is -0.0614. The summed E-state index contributed by atoms with van der Waals surface area (Å²) in [5.41, 5.74) is 3.57. The van der Waals surface area contributed by atoms with Crippen molar-refractivity contribution in [2.75, 3.05) is 19.0 Å². The molecule has 1 atom stereocenters. The molecular weight excluding hydrogens is 400 g/mol. The van der Waals surface area contributed by atoms with Crippen LogP contribution in [0.3, 0.4) is 0 Å². The second-order valence-electron chi connectivity index (χ2n) is 5.28. The van der Waals surface area contributed by atoms with Crippen LogP contribution in [0.25, 0.3) is 5.57 Å². The molecule has 2 aliphatic heterocycles. The Hall–Kier alpha value is -0.850. The van der Waals surface area contributed by atoms with Gasteiger partial charge in [0.25, 0.3) is 5.91 Å². The van der Waals surface area contributed by atoms with E-state index in [1.165, 1.54) is 0 Å². The van der Waals surface area contributed by atoms with Gasteiger partial charge >= 0.3 is 0 Å². The lowest BCUT2D eigenvalue weighted by Crippen LogP contribution is -2.26. The second kappa shape index (κ2) is 5.74. The highest BCUT2D eigenvalue weighted by Gasteiger charge is 2.31. The Morgan fingerprint density at radius 2 is 2.19 bits per heavy atom. The van der Waals surface area contributed by atoms with Gasteiger partial charge < -0.3 is 15.0 Å². The zero-order valence-corrected chi connectivity index (χ0v) is 15.0. The van der Waals surface area contributed by atoms with E-state index in [0.29, 0.717) is 5.57 Å². The smallest absolute Gasteiger partial charge is 0.257 e. The molecule has 21 heavy (non-hydrogen) atoms. The standard InChI is InChI=1S/C15H16Br2N2O2/c1-8-10(16)6-11(17)14-13(8)9(15(20)18-14)7-19-5-3-4-12(19)21-2/h6-7,12H,3-5H2,1-2H3,(H,18,20). The van der Waals surface area contributed by atoms with Gasteiger partial charge in [-0.3, -0.25) is 4.79 Å². The van der Waals surface area contributed by atoms with Crippen LogP contribution in [-0.2, 0) is 9.53 Å². The first-order valence-corrected chi connectivity index (χ1v) is 8.42. The van der Waals surface area contributed by atoms with Gasteiger partial charge in [0.05, 0.1) is 11.3 Å². The lowest BCUT2D eigenvalue weighted by atomic mass is 10.0. The number of hydrogen-bond donors (Lipinski definition) is 1. The van der Waals surface area contributed by atoms with E-state index < -0.39 is 0 Å². The van der Waals surface area contributed by atoms with Gasteiger partial charge in [0.15, 0.2) is 0 Å². The first kappa shape index (κ1) is 15.1. The van der Waals surface area contributed by atoms with Crippen LogP contribution in [0, 0.1) is 6.92 Å². The lowest BCUT2D eigenvalue weighted by molar-refractivity contribution is -0.110. The zero-order valence-electron chi connectivity index (χ0n) is 11.9. The van der Waals surface area contributed by atoms with E-state index in [1.54, 1.807) is 7.11 Å². The predicted octanol–water partition coefficient (Wildman–Crippen LogP) is 3.88. The van der Waals surface area contributed by atoms with E-state index in [2.05, 4.69) is 42.1 Å². The maximum absolute atomic E-state index is 12.3. The number of methoxy groups -OCH3 is 1. The fourth-order valence-electron chi connectivity index (χ4n) is 2.92. The SMILES string of the molecule is COC1CCCN1C=C1C(=O)Nc2c(Br)cc(Br)c(C)c21. The number of hydrogen-bond acceptors (Lipinski definition) is 3. The summed E-state index contributed by atoms with van der Waals surface area (Å²) in [4.78, 5) is 14.5. The third-order valence-electron chi connectivity index (χ3n) is 4.03. The molecule has 0 radical (unpaired) electrons. The maximum atomic E-state index is 12.3. The summed E-state index contributed by atoms with van der Waals surface area (Å²) in [6.07, 6.45) is 4.08. The molecule has 0 aromatic heterocycles. The van der Waals surface area contributed by atoms with E-state index in [9.17, 15) is 4.79 Å². The molecule has 1 amide bonds. The maximum Gasteiger partial charge on any atom is 0.257 e. The van der Waals surface area contributed by atoms with Gasteiger partial charge in [-0.2, -0.15) is 0 Å². The molecule has 3 rings (SSSR count). The number of ether oxygens (including phenoxy) is 1. The molecule has 1 N–H and O–H groups in total. The highest BCUT2D eigenvalue weighted by Crippen LogP contribution is 2.43. The molecule has 0 spiro atoms. The third-order valence-corrected chi connectivity index (χ3v) is 5.48. The summed E-state index contributed by atoms with van der Waals surface area (Å²) in [6.45, 7) is 2.93. The van der Waals surface area contributed by atoms with Gasteiger partial charge in [-0.25, -0.2) is 0 Å². The first-order valence-electron chi connectivity index (χ1n) is 6.83. The molecule has 1 fully saturated rings. The van der Waals surface area contributed by atoms with Crippen LogP contribution < -0.4 is 5.32 Å². The molecular formula is C15H16Br2N2O2. The van der Waals surface area contributed by atoms with Crippen molar-refractivity contribution in [1.82, 2.24) is 4.90 Å². The number of rotatable bonds is 2. The Bertz CT molecular complexity index is 643. The van der Waals surface area contributed by atoms with Crippen molar-refractivity contribution in [3.63, 3.8) is 0 Å². The number of amides is 1. The summed E-state index contributed by atoms with van der Waals surface area (Å²) in [6, 6.07) is 1.96. The molecule has 1 aromatic rings. The third kappa shape index (κ3) is 2.53. The average molecular weight is 416 g/mol. The van der Waals surface area contributed by atoms with Crippen molar-refractivity contribution in [2.24, 2.45) is 0 Å². The minimum Gasteiger partial charge on any atom is -0.362 e. The van der Waals surface area contributed by atoms with Gasteiger partial charge in [-0.15, -0.1) is 0 Å². The molecule has 112 valence electrons. The minimum absolute atomic E-state index is 0.0604. The number of benzene rings is 1. The van der Waals surface area contributed by atoms with Gasteiger partial charge in [0.2, 0.25) is 0 Å². The van der Waals surface area contributed by atoms with Crippen LogP contribution in [0.1, 0.15) is 24.0 Å². The first-order chi connectivity index (χ1) is 10.0. The zero-order chi connectivity index (χ0) is 15.1. The summed E-state index contributed by atoms with van der Waals surface area (Å²) < 4.78 is 7.34. The van der Waals surface area contributed by atoms with Crippen LogP contribution in [-0.4, -0.2) is 30.7 Å². The molecule has 2 aliphatic rings. The topological polar surface area (TPSA) is 41.6 Å². The fourth-order valence-corrected chi connectivity index (χ4v) is 4.18. The van der Waals surface area contributed by atoms with Crippen LogP contribution >= 0.6 is 31.9 Å². The van der Waals surface area contributed by atoms with Crippen LogP contribution in [0.4, 0.5) is 5.69 Å². The van der Waals surface area contributed by atoms with E-state index in [0.717, 1.165) is 45.1 Å². The Labute approximate surface area is 140 Å². The van der Waals surface area contributed by atoms with E-state index in [4.69, 9.17) is 4.74 Å². The molecule has 1 unspecified atom stereocenters. The highest BCUT2D eigenvalue weighted by molar-refractivity contribution is 9.11. The van der Waals surface area contributed by atoms with Gasteiger partial charge in [0, 0.05) is 34.4 Å². The summed E-state index contributed by atoms with van der Waals surface area (Å²) in [5.74, 6) is -0.0614. The molecule has 0 bridgehead atoms. The number of carbonyl (C=O) groups is 1. The highest BCUT2D eigenvalue weighted by atomic mass is 79.9. The Balaban J connectivity index is 2.08. The summed E-state index contributed by atoms with van der Waals surface area (Å²) in [5, 5.41) is 2.95. The van der Waals surface area contributed by atoms with Crippen LogP contribution in [0.15, 0.2) is 21.2 Å². The Kier molecular flexibility index (Phi) is 4.12. The number of nitrogens with zero attached hydrogens (tertiary/aromatic N) is 1. The van der Waals surface area contributed by atoms with Gasteiger partial charge in [-0.05, 0) is 47.3 Å². The average Bonchev–Trinajstić information content (AvgIpc) is 3.02. The predicted molar refractivity (Wildman–Crippen MR) is 89.9 cm³/mol. The number of carbonyl (C=O) groups excluding carboxylic acids is 1. The van der Waals surface area contributed by atoms with Crippen LogP contribution in [0.5, 0.6) is 0 Å². The quantitative estimate of drug-likeness (QED) is 0.745. The molecule has 1 aromatic carbocycles. The fraction of sp³-hybridized carbons (Fsp3) is 0.400. The second-order valence-corrected chi connectivity index (χ2v) is 6.99. The summed E-state index contributed by atoms with van der Waals surface area (Å²) >= 11 is 7.07. The molecule has 2 heterocycles. The number of halogens is 2. The van der Waals surface area contributed by atoms with Crippen molar-refractivity contribution in [1.29, 1.82) is 0 Å². The number of likely N-dealkylation sites (tertiary alicyclic amines) is 1. The van der Waals surface area contributed by atoms with E-state index in [-0.39, 0.29) is 12.1 Å². The molecule has 0 saturated carbocycles. The van der Waals surface area contributed by atoms with Crippen molar-refractivity contribution in [2.45, 2.75) is 26.0 Å². The van der Waals surface area contributed by atoms with E-state index >= 15 is 0 Å². The normalized spacial score (nSPS) is 22.9. The molecule has 1 saturated heterocycles. The van der Waals surface area contributed by atoms with Gasteiger partial charge in [0.1, 0.15) is 6.23 Å². The van der Waals surface area contributed by atoms with Crippen molar-refractivity contribution >= 4 is 49.0 Å².